The molecule has 0 bridgehead atoms. The number of ether oxygens (including phenoxy) is 3. The van der Waals surface area contributed by atoms with Gasteiger partial charge in [0, 0.05) is 45.5 Å². The van der Waals surface area contributed by atoms with Gasteiger partial charge in [-0.3, -0.25) is 29.4 Å². The van der Waals surface area contributed by atoms with Gasteiger partial charge in [0.25, 0.3) is 0 Å². The van der Waals surface area contributed by atoms with Crippen LogP contribution in [0.25, 0.3) is 0 Å². The lowest BCUT2D eigenvalue weighted by molar-refractivity contribution is -0.151. The van der Waals surface area contributed by atoms with Crippen LogP contribution in [-0.4, -0.2) is 97.5 Å². The predicted octanol–water partition coefficient (Wildman–Crippen LogP) is 6.15. The molecule has 4 saturated carbocycles. The summed E-state index contributed by atoms with van der Waals surface area (Å²) in [5, 5.41) is 16.0. The number of hydrogen-bond acceptors (Lipinski definition) is 9. The molecule has 6 fully saturated rings. The molecule has 0 aromatic heterocycles. The highest BCUT2D eigenvalue weighted by molar-refractivity contribution is 6.10. The molecule has 0 aromatic carbocycles. The third-order valence-corrected chi connectivity index (χ3v) is 13.8. The number of imide groups is 2. The summed E-state index contributed by atoms with van der Waals surface area (Å²) in [5.74, 6) is 0.0262. The fourth-order valence-corrected chi connectivity index (χ4v) is 10.9. The molecule has 0 spiro atoms. The van der Waals surface area contributed by atoms with Crippen molar-refractivity contribution in [2.24, 2.45) is 29.6 Å². The number of amides is 4. The number of nitrogens with zero attached hydrogens (tertiary/aromatic N) is 1. The van der Waals surface area contributed by atoms with Gasteiger partial charge in [-0.2, -0.15) is 0 Å². The Balaban J connectivity index is 0.777. The van der Waals surface area contributed by atoms with E-state index in [9.17, 15) is 24.3 Å². The van der Waals surface area contributed by atoms with E-state index in [2.05, 4.69) is 17.6 Å². The maximum Gasteiger partial charge on any atom is 0.249 e. The van der Waals surface area contributed by atoms with Gasteiger partial charge in [0.15, 0.2) is 0 Å². The maximum absolute atomic E-state index is 13.2. The fraction of sp³-hybridized carbons (Fsp3) is 0.864. The Labute approximate surface area is 329 Å². The summed E-state index contributed by atoms with van der Waals surface area (Å²) in [7, 11) is 0. The van der Waals surface area contributed by atoms with Crippen molar-refractivity contribution in [3.05, 3.63) is 11.1 Å². The van der Waals surface area contributed by atoms with Gasteiger partial charge in [0.2, 0.25) is 23.6 Å². The number of rotatable bonds is 19. The second-order valence-corrected chi connectivity index (χ2v) is 17.5. The van der Waals surface area contributed by atoms with Crippen molar-refractivity contribution in [2.75, 3.05) is 39.6 Å². The van der Waals surface area contributed by atoms with E-state index in [-0.39, 0.29) is 48.6 Å². The molecular formula is C44H71N3O8. The van der Waals surface area contributed by atoms with Crippen LogP contribution in [0.5, 0.6) is 0 Å². The number of carbonyl (C=O) groups is 4. The largest absolute Gasteiger partial charge is 0.393 e. The van der Waals surface area contributed by atoms with E-state index < -0.39 is 17.9 Å². The third-order valence-electron chi connectivity index (χ3n) is 13.8. The van der Waals surface area contributed by atoms with Gasteiger partial charge in [0.05, 0.1) is 24.0 Å². The van der Waals surface area contributed by atoms with E-state index in [1.165, 1.54) is 64.2 Å². The summed E-state index contributed by atoms with van der Waals surface area (Å²) >= 11 is 0. The monoisotopic (exact) mass is 770 g/mol. The zero-order valence-corrected chi connectivity index (χ0v) is 33.7. The van der Waals surface area contributed by atoms with Crippen molar-refractivity contribution in [1.82, 2.24) is 15.5 Å². The Morgan fingerprint density at radius 3 is 2.02 bits per heavy atom. The Morgan fingerprint density at radius 2 is 1.35 bits per heavy atom. The SMILES string of the molecule is CC/C(=C(\C1CCC(O)CC1)C1CCC(OCCCOCCCOCCCNC2CCC3C(=O)N(C4CCC(=O)NC4=O)C(=O)C3C2)CC1)C1CCCCC1. The van der Waals surface area contributed by atoms with Gasteiger partial charge < -0.3 is 24.6 Å². The van der Waals surface area contributed by atoms with Crippen LogP contribution in [0.15, 0.2) is 11.1 Å². The van der Waals surface area contributed by atoms with Gasteiger partial charge >= 0.3 is 0 Å². The van der Waals surface area contributed by atoms with E-state index in [0.717, 1.165) is 75.3 Å². The van der Waals surface area contributed by atoms with Gasteiger partial charge in [-0.1, -0.05) is 37.3 Å². The zero-order valence-electron chi connectivity index (χ0n) is 33.7. The van der Waals surface area contributed by atoms with Crippen molar-refractivity contribution in [1.29, 1.82) is 0 Å². The highest BCUT2D eigenvalue weighted by Crippen LogP contribution is 2.46. The van der Waals surface area contributed by atoms with E-state index in [1.807, 2.05) is 11.1 Å². The minimum atomic E-state index is -0.864. The molecule has 11 heteroatoms. The number of carbonyl (C=O) groups excluding carboxylic acids is 4. The number of piperidine rings is 1. The number of hydrogen-bond donors (Lipinski definition) is 3. The first-order valence-electron chi connectivity index (χ1n) is 22.5. The summed E-state index contributed by atoms with van der Waals surface area (Å²) < 4.78 is 18.0. The topological polar surface area (TPSA) is 144 Å². The van der Waals surface area contributed by atoms with Gasteiger partial charge in [0.1, 0.15) is 6.04 Å². The number of aliphatic hydroxyl groups is 1. The van der Waals surface area contributed by atoms with Crippen molar-refractivity contribution < 1.29 is 38.5 Å². The number of allylic oxidation sites excluding steroid dienone is 2. The highest BCUT2D eigenvalue weighted by atomic mass is 16.5. The van der Waals surface area contributed by atoms with Crippen LogP contribution >= 0.6 is 0 Å². The summed E-state index contributed by atoms with van der Waals surface area (Å²) in [6, 6.07) is -0.706. The van der Waals surface area contributed by atoms with Crippen molar-refractivity contribution in [3.63, 3.8) is 0 Å². The molecule has 4 aliphatic carbocycles. The summed E-state index contributed by atoms with van der Waals surface area (Å²) in [6.45, 7) is 6.66. The minimum Gasteiger partial charge on any atom is -0.393 e. The van der Waals surface area contributed by atoms with Gasteiger partial charge in [-0.25, -0.2) is 0 Å². The standard InChI is InChI=1S/C44H71N3O8/c1-2-36(30-9-4-3-5-10-30)41(31-11-16-34(48)17-12-31)32-13-18-35(19-14-32)55-28-8-27-54-26-7-25-53-24-6-23-45-33-15-20-37-38(29-33)44(52)47(43(37)51)39-21-22-40(49)46-42(39)50/h30-35,37-39,45,48H,2-29H2,1H3,(H,46,49,50)/b41-36-. The van der Waals surface area contributed by atoms with E-state index in [0.29, 0.717) is 57.2 Å². The number of aliphatic hydroxyl groups excluding tert-OH is 1. The van der Waals surface area contributed by atoms with Crippen LogP contribution in [-0.2, 0) is 33.4 Å². The molecule has 4 amide bonds. The zero-order chi connectivity index (χ0) is 38.6. The summed E-state index contributed by atoms with van der Waals surface area (Å²) in [4.78, 5) is 51.2. The molecule has 6 rings (SSSR count). The molecule has 2 heterocycles. The van der Waals surface area contributed by atoms with Gasteiger partial charge in [-0.15, -0.1) is 0 Å². The first kappa shape index (κ1) is 42.4. The van der Waals surface area contributed by atoms with Crippen LogP contribution in [0.2, 0.25) is 0 Å². The Morgan fingerprint density at radius 1 is 0.709 bits per heavy atom. The molecule has 11 nitrogen and oxygen atoms in total. The lowest BCUT2D eigenvalue weighted by Gasteiger charge is -2.39. The molecule has 6 aliphatic rings. The fourth-order valence-electron chi connectivity index (χ4n) is 10.9. The first-order valence-corrected chi connectivity index (χ1v) is 22.5. The summed E-state index contributed by atoms with van der Waals surface area (Å²) in [6.07, 6.45) is 22.6. The number of fused-ring (bicyclic) bond motifs is 1. The molecule has 2 aliphatic heterocycles. The predicted molar refractivity (Wildman–Crippen MR) is 210 cm³/mol. The Hall–Kier alpha value is -2.18. The average Bonchev–Trinajstić information content (AvgIpc) is 3.44. The number of likely N-dealkylation sites (tertiary alicyclic amines) is 1. The molecule has 3 N–H and O–H groups in total. The Bertz CT molecular complexity index is 1300. The van der Waals surface area contributed by atoms with E-state index >= 15 is 0 Å². The second kappa shape index (κ2) is 21.5. The van der Waals surface area contributed by atoms with Crippen molar-refractivity contribution >= 4 is 23.6 Å². The maximum atomic E-state index is 13.2. The molecule has 310 valence electrons. The van der Waals surface area contributed by atoms with Gasteiger partial charge in [-0.05, 0) is 140 Å². The normalized spacial score (nSPS) is 32.7. The van der Waals surface area contributed by atoms with Crippen molar-refractivity contribution in [3.8, 4) is 0 Å². The van der Waals surface area contributed by atoms with Crippen LogP contribution in [0, 0.1) is 29.6 Å². The molecule has 55 heavy (non-hydrogen) atoms. The lowest BCUT2D eigenvalue weighted by atomic mass is 9.68. The van der Waals surface area contributed by atoms with Crippen LogP contribution in [0.1, 0.15) is 148 Å². The minimum absolute atomic E-state index is 0.0936. The Kier molecular flexibility index (Phi) is 16.6. The summed E-state index contributed by atoms with van der Waals surface area (Å²) in [5.41, 5.74) is 3.64. The first-order chi connectivity index (χ1) is 26.8. The smallest absolute Gasteiger partial charge is 0.249 e. The molecule has 4 unspecified atom stereocenters. The second-order valence-electron chi connectivity index (χ2n) is 17.5. The third kappa shape index (κ3) is 11.5. The number of nitrogens with one attached hydrogen (secondary N) is 2. The van der Waals surface area contributed by atoms with E-state index in [4.69, 9.17) is 14.2 Å². The molecular weight excluding hydrogens is 698 g/mol. The highest BCUT2D eigenvalue weighted by Gasteiger charge is 2.53. The molecule has 0 radical (unpaired) electrons. The van der Waals surface area contributed by atoms with E-state index in [1.54, 1.807) is 0 Å². The molecule has 4 atom stereocenters. The van der Waals surface area contributed by atoms with Crippen LogP contribution in [0.4, 0.5) is 0 Å². The molecule has 2 saturated heterocycles. The lowest BCUT2D eigenvalue weighted by Crippen LogP contribution is -2.54. The average molecular weight is 770 g/mol. The van der Waals surface area contributed by atoms with Crippen LogP contribution in [0.3, 0.4) is 0 Å². The van der Waals surface area contributed by atoms with Crippen molar-refractivity contribution in [2.45, 2.75) is 172 Å². The molecule has 0 aromatic rings. The quantitative estimate of drug-likeness (QED) is 0.0801. The van der Waals surface area contributed by atoms with Crippen LogP contribution < -0.4 is 10.6 Å².